The quantitative estimate of drug-likeness (QED) is 0.782. The third-order valence-electron chi connectivity index (χ3n) is 3.46. The van der Waals surface area contributed by atoms with Crippen molar-refractivity contribution in [1.29, 1.82) is 0 Å². The summed E-state index contributed by atoms with van der Waals surface area (Å²) in [4.78, 5) is 0.0901. The van der Waals surface area contributed by atoms with Crippen LogP contribution in [-0.4, -0.2) is 20.3 Å². The van der Waals surface area contributed by atoms with Crippen molar-refractivity contribution in [3.8, 4) is 0 Å². The number of hydrogen-bond donors (Lipinski definition) is 1. The first-order valence-corrected chi connectivity index (χ1v) is 8.63. The molecule has 0 saturated carbocycles. The predicted octanol–water partition coefficient (Wildman–Crippen LogP) is 3.46. The number of rotatable bonds is 7. The summed E-state index contributed by atoms with van der Waals surface area (Å²) in [6.07, 6.45) is 1.81. The Kier molecular flexibility index (Phi) is 6.43. The van der Waals surface area contributed by atoms with E-state index in [1.54, 1.807) is 6.92 Å². The van der Waals surface area contributed by atoms with E-state index in [2.05, 4.69) is 4.72 Å². The molecule has 1 rings (SSSR count). The fourth-order valence-corrected chi connectivity index (χ4v) is 3.96. The molecular formula is C14H21ClFNO2S. The molecule has 6 heteroatoms. The van der Waals surface area contributed by atoms with Crippen molar-refractivity contribution in [2.45, 2.75) is 43.9 Å². The highest BCUT2D eigenvalue weighted by molar-refractivity contribution is 7.89. The van der Waals surface area contributed by atoms with Crippen molar-refractivity contribution < 1.29 is 12.8 Å². The van der Waals surface area contributed by atoms with Crippen molar-refractivity contribution in [3.63, 3.8) is 0 Å². The molecule has 0 spiro atoms. The van der Waals surface area contributed by atoms with Gasteiger partial charge in [0.2, 0.25) is 10.0 Å². The molecule has 0 aromatic heterocycles. The van der Waals surface area contributed by atoms with Crippen molar-refractivity contribution >= 4 is 21.6 Å². The van der Waals surface area contributed by atoms with Crippen molar-refractivity contribution in [1.82, 2.24) is 4.72 Å². The minimum atomic E-state index is -3.65. The fraction of sp³-hybridized carbons (Fsp3) is 0.571. The lowest BCUT2D eigenvalue weighted by atomic mass is 9.99. The topological polar surface area (TPSA) is 46.2 Å². The van der Waals surface area contributed by atoms with Gasteiger partial charge in [0.05, 0.1) is 4.90 Å². The molecule has 114 valence electrons. The first-order valence-electron chi connectivity index (χ1n) is 6.71. The molecule has 1 unspecified atom stereocenters. The number of halogens is 2. The Labute approximate surface area is 125 Å². The van der Waals surface area contributed by atoms with E-state index in [9.17, 15) is 12.8 Å². The van der Waals surface area contributed by atoms with Crippen LogP contribution in [0.4, 0.5) is 4.39 Å². The second-order valence-corrected chi connectivity index (χ2v) is 7.15. The monoisotopic (exact) mass is 321 g/mol. The molecule has 1 aromatic rings. The number of aryl methyl sites for hydroxylation is 1. The van der Waals surface area contributed by atoms with E-state index in [1.165, 1.54) is 12.1 Å². The highest BCUT2D eigenvalue weighted by atomic mass is 35.5. The molecule has 0 fully saturated rings. The van der Waals surface area contributed by atoms with Gasteiger partial charge in [-0.15, -0.1) is 11.6 Å². The van der Waals surface area contributed by atoms with Crippen molar-refractivity contribution in [2.24, 2.45) is 5.92 Å². The Bertz CT molecular complexity index is 544. The molecular weight excluding hydrogens is 301 g/mol. The summed E-state index contributed by atoms with van der Waals surface area (Å²) in [6, 6.07) is 3.61. The summed E-state index contributed by atoms with van der Waals surface area (Å²) >= 11 is 6.22. The number of nitrogens with one attached hydrogen (secondary N) is 1. The van der Waals surface area contributed by atoms with E-state index >= 15 is 0 Å². The van der Waals surface area contributed by atoms with E-state index in [4.69, 9.17) is 11.6 Å². The Morgan fingerprint density at radius 3 is 2.40 bits per heavy atom. The fourth-order valence-electron chi connectivity index (χ4n) is 2.15. The van der Waals surface area contributed by atoms with Crippen LogP contribution < -0.4 is 4.72 Å². The van der Waals surface area contributed by atoms with Gasteiger partial charge in [-0.2, -0.15) is 0 Å². The van der Waals surface area contributed by atoms with Gasteiger partial charge >= 0.3 is 0 Å². The van der Waals surface area contributed by atoms with Gasteiger partial charge in [-0.3, -0.25) is 0 Å². The van der Waals surface area contributed by atoms with Crippen LogP contribution in [0.5, 0.6) is 0 Å². The molecule has 1 atom stereocenters. The van der Waals surface area contributed by atoms with Crippen LogP contribution in [0.1, 0.15) is 32.3 Å². The summed E-state index contributed by atoms with van der Waals surface area (Å²) in [5.41, 5.74) is 0.381. The zero-order chi connectivity index (χ0) is 15.3. The molecule has 20 heavy (non-hydrogen) atoms. The zero-order valence-electron chi connectivity index (χ0n) is 12.0. The van der Waals surface area contributed by atoms with Gasteiger partial charge in [-0.25, -0.2) is 17.5 Å². The van der Waals surface area contributed by atoms with E-state index in [1.807, 2.05) is 13.8 Å². The van der Waals surface area contributed by atoms with Crippen LogP contribution in [0.15, 0.2) is 23.1 Å². The first-order chi connectivity index (χ1) is 9.31. The Morgan fingerprint density at radius 1 is 1.30 bits per heavy atom. The molecule has 0 bridgehead atoms. The summed E-state index contributed by atoms with van der Waals surface area (Å²) in [6.45, 7) is 5.80. The van der Waals surface area contributed by atoms with Crippen LogP contribution in [0.3, 0.4) is 0 Å². The van der Waals surface area contributed by atoms with Crippen molar-refractivity contribution in [3.05, 3.63) is 29.6 Å². The largest absolute Gasteiger partial charge is 0.240 e. The third-order valence-corrected chi connectivity index (χ3v) is 5.55. The van der Waals surface area contributed by atoms with Crippen LogP contribution >= 0.6 is 11.6 Å². The molecule has 0 amide bonds. The Morgan fingerprint density at radius 2 is 1.90 bits per heavy atom. The van der Waals surface area contributed by atoms with Gasteiger partial charge < -0.3 is 0 Å². The summed E-state index contributed by atoms with van der Waals surface area (Å²) in [5.74, 6) is -0.178. The molecule has 0 aliphatic rings. The maximum Gasteiger partial charge on any atom is 0.240 e. The number of alkyl halides is 1. The van der Waals surface area contributed by atoms with Gasteiger partial charge in [0.1, 0.15) is 5.82 Å². The molecule has 3 nitrogen and oxygen atoms in total. The van der Waals surface area contributed by atoms with Crippen LogP contribution in [-0.2, 0) is 10.0 Å². The molecule has 0 aliphatic heterocycles. The molecule has 0 radical (unpaired) electrons. The SMILES string of the molecule is CCC(CC)C(Cl)CNS(=O)(=O)c1ccc(F)cc1C. The van der Waals surface area contributed by atoms with Gasteiger partial charge in [0.15, 0.2) is 0 Å². The number of hydrogen-bond acceptors (Lipinski definition) is 2. The summed E-state index contributed by atoms with van der Waals surface area (Å²) in [7, 11) is -3.65. The van der Waals surface area contributed by atoms with Gasteiger partial charge in [0.25, 0.3) is 0 Å². The summed E-state index contributed by atoms with van der Waals surface area (Å²) in [5, 5.41) is -0.250. The van der Waals surface area contributed by atoms with Crippen LogP contribution in [0.2, 0.25) is 0 Å². The van der Waals surface area contributed by atoms with Gasteiger partial charge in [0, 0.05) is 11.9 Å². The standard InChI is InChI=1S/C14H21ClFNO2S/c1-4-11(5-2)13(15)9-17-20(18,19)14-7-6-12(16)8-10(14)3/h6-8,11,13,17H,4-5,9H2,1-3H3. The maximum atomic E-state index is 13.0. The Balaban J connectivity index is 2.80. The van der Waals surface area contributed by atoms with E-state index in [-0.39, 0.29) is 22.7 Å². The highest BCUT2D eigenvalue weighted by Crippen LogP contribution is 2.20. The average molecular weight is 322 g/mol. The van der Waals surface area contributed by atoms with Gasteiger partial charge in [-0.05, 0) is 36.6 Å². The first kappa shape index (κ1) is 17.4. The minimum absolute atomic E-state index is 0.0901. The average Bonchev–Trinajstić information content (AvgIpc) is 2.37. The molecule has 1 aromatic carbocycles. The van der Waals surface area contributed by atoms with Crippen LogP contribution in [0.25, 0.3) is 0 Å². The summed E-state index contributed by atoms with van der Waals surface area (Å²) < 4.78 is 39.9. The number of sulfonamides is 1. The van der Waals surface area contributed by atoms with E-state index < -0.39 is 15.8 Å². The van der Waals surface area contributed by atoms with Crippen molar-refractivity contribution in [2.75, 3.05) is 6.54 Å². The molecule has 0 saturated heterocycles. The predicted molar refractivity (Wildman–Crippen MR) is 80.0 cm³/mol. The molecule has 1 N–H and O–H groups in total. The zero-order valence-corrected chi connectivity index (χ0v) is 13.6. The van der Waals surface area contributed by atoms with Crippen LogP contribution in [0, 0.1) is 18.7 Å². The maximum absolute atomic E-state index is 13.0. The highest BCUT2D eigenvalue weighted by Gasteiger charge is 2.21. The number of benzene rings is 1. The lowest BCUT2D eigenvalue weighted by Crippen LogP contribution is -2.33. The lowest BCUT2D eigenvalue weighted by molar-refractivity contribution is 0.460. The second-order valence-electron chi connectivity index (χ2n) is 4.85. The second kappa shape index (κ2) is 7.38. The smallest absolute Gasteiger partial charge is 0.210 e. The minimum Gasteiger partial charge on any atom is -0.210 e. The normalized spacial score (nSPS) is 13.7. The third kappa shape index (κ3) is 4.43. The lowest BCUT2D eigenvalue weighted by Gasteiger charge is -2.19. The Hall–Kier alpha value is -0.650. The molecule has 0 heterocycles. The van der Waals surface area contributed by atoms with E-state index in [0.29, 0.717) is 5.56 Å². The van der Waals surface area contributed by atoms with Gasteiger partial charge in [-0.1, -0.05) is 26.7 Å². The van der Waals surface area contributed by atoms with E-state index in [0.717, 1.165) is 18.9 Å². The molecule has 0 aliphatic carbocycles.